The Hall–Kier alpha value is -2.49. The summed E-state index contributed by atoms with van der Waals surface area (Å²) in [4.78, 5) is 16.9. The molecule has 132 valence electrons. The van der Waals surface area contributed by atoms with E-state index in [9.17, 15) is 4.79 Å². The van der Waals surface area contributed by atoms with Crippen molar-refractivity contribution in [2.45, 2.75) is 26.9 Å². The van der Waals surface area contributed by atoms with Crippen LogP contribution < -0.4 is 9.64 Å². The number of carbonyl (C=O) groups is 1. The van der Waals surface area contributed by atoms with Gasteiger partial charge < -0.3 is 14.5 Å². The van der Waals surface area contributed by atoms with Gasteiger partial charge in [-0.1, -0.05) is 35.9 Å². The second kappa shape index (κ2) is 7.60. The molecule has 1 fully saturated rings. The second-order valence-electron chi connectivity index (χ2n) is 6.68. The number of aryl methyl sites for hydroxylation is 2. The first-order chi connectivity index (χ1) is 12.0. The largest absolute Gasteiger partial charge is 0.481 e. The number of nitrogens with zero attached hydrogens (tertiary/aromatic N) is 2. The number of carbonyl (C=O) groups excluding carboxylic acids is 1. The SMILES string of the molecule is Cc1ccc(O[C@@H](C)C(=O)N2CCN(c3ccccc3)CC2)c(C)c1. The van der Waals surface area contributed by atoms with Gasteiger partial charge >= 0.3 is 0 Å². The van der Waals surface area contributed by atoms with Crippen LogP contribution in [-0.4, -0.2) is 43.1 Å². The minimum absolute atomic E-state index is 0.0627. The van der Waals surface area contributed by atoms with Crippen LogP contribution in [0.25, 0.3) is 0 Å². The minimum atomic E-state index is -0.468. The summed E-state index contributed by atoms with van der Waals surface area (Å²) >= 11 is 0. The maximum absolute atomic E-state index is 12.7. The van der Waals surface area contributed by atoms with Gasteiger partial charge in [0.1, 0.15) is 5.75 Å². The highest BCUT2D eigenvalue weighted by molar-refractivity contribution is 5.81. The lowest BCUT2D eigenvalue weighted by Gasteiger charge is -2.37. The summed E-state index contributed by atoms with van der Waals surface area (Å²) in [6.07, 6.45) is -0.468. The van der Waals surface area contributed by atoms with Gasteiger partial charge in [-0.2, -0.15) is 0 Å². The summed E-state index contributed by atoms with van der Waals surface area (Å²) in [5.41, 5.74) is 3.48. The molecule has 1 atom stereocenters. The quantitative estimate of drug-likeness (QED) is 0.856. The molecule has 1 heterocycles. The Balaban J connectivity index is 1.56. The van der Waals surface area contributed by atoms with Crippen molar-refractivity contribution in [2.24, 2.45) is 0 Å². The molecule has 0 saturated carbocycles. The molecule has 2 aromatic carbocycles. The van der Waals surface area contributed by atoms with E-state index in [-0.39, 0.29) is 5.91 Å². The zero-order valence-electron chi connectivity index (χ0n) is 15.2. The first kappa shape index (κ1) is 17.3. The van der Waals surface area contributed by atoms with Crippen molar-refractivity contribution in [1.29, 1.82) is 0 Å². The van der Waals surface area contributed by atoms with Gasteiger partial charge in [-0.25, -0.2) is 0 Å². The van der Waals surface area contributed by atoms with E-state index in [0.29, 0.717) is 0 Å². The molecule has 1 saturated heterocycles. The average Bonchev–Trinajstić information content (AvgIpc) is 2.64. The Bertz CT molecular complexity index is 722. The number of amides is 1. The third kappa shape index (κ3) is 4.13. The fraction of sp³-hybridized carbons (Fsp3) is 0.381. The standard InChI is InChI=1S/C21H26N2O2/c1-16-9-10-20(17(2)15-16)25-18(3)21(24)23-13-11-22(12-14-23)19-7-5-4-6-8-19/h4-10,15,18H,11-14H2,1-3H3/t18-/m0/s1. The summed E-state index contributed by atoms with van der Waals surface area (Å²) in [6, 6.07) is 16.4. The van der Waals surface area contributed by atoms with Crippen LogP contribution >= 0.6 is 0 Å². The van der Waals surface area contributed by atoms with Crippen LogP contribution in [-0.2, 0) is 4.79 Å². The zero-order chi connectivity index (χ0) is 17.8. The molecule has 0 unspecified atom stereocenters. The molecular formula is C21H26N2O2. The second-order valence-corrected chi connectivity index (χ2v) is 6.68. The Morgan fingerprint density at radius 1 is 1.00 bits per heavy atom. The van der Waals surface area contributed by atoms with Gasteiger partial charge in [0.15, 0.2) is 6.10 Å². The number of para-hydroxylation sites is 1. The van der Waals surface area contributed by atoms with Crippen molar-refractivity contribution in [3.05, 3.63) is 59.7 Å². The highest BCUT2D eigenvalue weighted by Gasteiger charge is 2.26. The van der Waals surface area contributed by atoms with Gasteiger partial charge in [0.05, 0.1) is 0 Å². The summed E-state index contributed by atoms with van der Waals surface area (Å²) in [7, 11) is 0. The van der Waals surface area contributed by atoms with E-state index in [1.165, 1.54) is 11.3 Å². The highest BCUT2D eigenvalue weighted by atomic mass is 16.5. The van der Waals surface area contributed by atoms with Crippen molar-refractivity contribution in [1.82, 2.24) is 4.90 Å². The van der Waals surface area contributed by atoms with Crippen LogP contribution in [0.3, 0.4) is 0 Å². The van der Waals surface area contributed by atoms with E-state index in [2.05, 4.69) is 30.0 Å². The van der Waals surface area contributed by atoms with Crippen LogP contribution in [0.1, 0.15) is 18.1 Å². The van der Waals surface area contributed by atoms with E-state index in [0.717, 1.165) is 37.5 Å². The van der Waals surface area contributed by atoms with Gasteiger partial charge in [-0.15, -0.1) is 0 Å². The molecular weight excluding hydrogens is 312 g/mol. The molecule has 2 aromatic rings. The maximum atomic E-state index is 12.7. The smallest absolute Gasteiger partial charge is 0.263 e. The predicted molar refractivity (Wildman–Crippen MR) is 101 cm³/mol. The fourth-order valence-electron chi connectivity index (χ4n) is 3.25. The molecule has 0 N–H and O–H groups in total. The number of anilines is 1. The van der Waals surface area contributed by atoms with Crippen LogP contribution in [0, 0.1) is 13.8 Å². The normalized spacial score (nSPS) is 15.8. The van der Waals surface area contributed by atoms with E-state index >= 15 is 0 Å². The third-order valence-corrected chi connectivity index (χ3v) is 4.69. The van der Waals surface area contributed by atoms with E-state index < -0.39 is 6.10 Å². The van der Waals surface area contributed by atoms with Crippen molar-refractivity contribution >= 4 is 11.6 Å². The zero-order valence-corrected chi connectivity index (χ0v) is 15.2. The van der Waals surface area contributed by atoms with Gasteiger partial charge in [0.25, 0.3) is 5.91 Å². The molecule has 0 aliphatic carbocycles. The molecule has 1 aliphatic heterocycles. The summed E-state index contributed by atoms with van der Waals surface area (Å²) in [5, 5.41) is 0. The molecule has 0 spiro atoms. The van der Waals surface area contributed by atoms with Crippen LogP contribution in [0.15, 0.2) is 48.5 Å². The van der Waals surface area contributed by atoms with Crippen molar-refractivity contribution < 1.29 is 9.53 Å². The summed E-state index contributed by atoms with van der Waals surface area (Å²) in [6.45, 7) is 9.07. The monoisotopic (exact) mass is 338 g/mol. The van der Waals surface area contributed by atoms with E-state index in [1.807, 2.05) is 49.1 Å². The Kier molecular flexibility index (Phi) is 5.27. The third-order valence-electron chi connectivity index (χ3n) is 4.69. The molecule has 4 nitrogen and oxygen atoms in total. The Morgan fingerprint density at radius 3 is 2.32 bits per heavy atom. The molecule has 1 aliphatic rings. The number of rotatable bonds is 4. The molecule has 0 radical (unpaired) electrons. The number of benzene rings is 2. The summed E-state index contributed by atoms with van der Waals surface area (Å²) in [5.74, 6) is 0.849. The molecule has 1 amide bonds. The Morgan fingerprint density at radius 2 is 1.68 bits per heavy atom. The fourth-order valence-corrected chi connectivity index (χ4v) is 3.25. The molecule has 0 aromatic heterocycles. The first-order valence-corrected chi connectivity index (χ1v) is 8.87. The van der Waals surface area contributed by atoms with Gasteiger partial charge in [0.2, 0.25) is 0 Å². The lowest BCUT2D eigenvalue weighted by atomic mass is 10.1. The van der Waals surface area contributed by atoms with Crippen LogP contribution in [0.2, 0.25) is 0 Å². The van der Waals surface area contributed by atoms with Gasteiger partial charge in [-0.05, 0) is 44.5 Å². The maximum Gasteiger partial charge on any atom is 0.263 e. The van der Waals surface area contributed by atoms with Gasteiger partial charge in [0, 0.05) is 31.9 Å². The van der Waals surface area contributed by atoms with Crippen molar-refractivity contribution in [3.8, 4) is 5.75 Å². The van der Waals surface area contributed by atoms with E-state index in [4.69, 9.17) is 4.74 Å². The van der Waals surface area contributed by atoms with Crippen molar-refractivity contribution in [3.63, 3.8) is 0 Å². The molecule has 4 heteroatoms. The lowest BCUT2D eigenvalue weighted by molar-refractivity contribution is -0.138. The molecule has 0 bridgehead atoms. The number of piperazine rings is 1. The summed E-state index contributed by atoms with van der Waals surface area (Å²) < 4.78 is 5.92. The van der Waals surface area contributed by atoms with Crippen LogP contribution in [0.4, 0.5) is 5.69 Å². The highest BCUT2D eigenvalue weighted by Crippen LogP contribution is 2.21. The average molecular weight is 338 g/mol. The van der Waals surface area contributed by atoms with Gasteiger partial charge in [-0.3, -0.25) is 4.79 Å². The van der Waals surface area contributed by atoms with Crippen molar-refractivity contribution in [2.75, 3.05) is 31.1 Å². The lowest BCUT2D eigenvalue weighted by Crippen LogP contribution is -2.52. The number of hydrogen-bond donors (Lipinski definition) is 0. The first-order valence-electron chi connectivity index (χ1n) is 8.87. The van der Waals surface area contributed by atoms with E-state index in [1.54, 1.807) is 0 Å². The molecule has 25 heavy (non-hydrogen) atoms. The number of hydrogen-bond acceptors (Lipinski definition) is 3. The Labute approximate surface area is 150 Å². The minimum Gasteiger partial charge on any atom is -0.481 e. The predicted octanol–water partition coefficient (Wildman–Crippen LogP) is 3.42. The topological polar surface area (TPSA) is 32.8 Å². The number of ether oxygens (including phenoxy) is 1. The van der Waals surface area contributed by atoms with Crippen LogP contribution in [0.5, 0.6) is 5.75 Å². The molecule has 3 rings (SSSR count).